The van der Waals surface area contributed by atoms with Crippen LogP contribution in [-0.4, -0.2) is 53.4 Å². The van der Waals surface area contributed by atoms with Crippen LogP contribution in [0.3, 0.4) is 0 Å². The van der Waals surface area contributed by atoms with Crippen LogP contribution in [0.5, 0.6) is 0 Å². The zero-order valence-electron chi connectivity index (χ0n) is 9.10. The lowest BCUT2D eigenvalue weighted by molar-refractivity contribution is 0.148. The average Bonchev–Trinajstić information content (AvgIpc) is 2.75. The first-order chi connectivity index (χ1) is 7.36. The van der Waals surface area contributed by atoms with Gasteiger partial charge in [-0.2, -0.15) is 5.10 Å². The number of rotatable bonds is 8. The molecule has 0 bridgehead atoms. The van der Waals surface area contributed by atoms with Crippen LogP contribution >= 0.6 is 15.9 Å². The molecule has 0 saturated carbocycles. The maximum atomic E-state index is 5.08. The average molecular weight is 276 g/mol. The first kappa shape index (κ1) is 12.7. The molecular formula is C10H18BrN3O. The van der Waals surface area contributed by atoms with Gasteiger partial charge in [-0.05, 0) is 6.07 Å². The molecule has 0 aliphatic rings. The highest BCUT2D eigenvalue weighted by molar-refractivity contribution is 9.09. The van der Waals surface area contributed by atoms with Gasteiger partial charge < -0.3 is 4.74 Å². The lowest BCUT2D eigenvalue weighted by Crippen LogP contribution is -2.32. The molecule has 0 amide bonds. The van der Waals surface area contributed by atoms with E-state index in [9.17, 15) is 0 Å². The molecule has 1 heterocycles. The molecule has 0 atom stereocenters. The second-order valence-corrected chi connectivity index (χ2v) is 4.09. The largest absolute Gasteiger partial charge is 0.383 e. The fourth-order valence-corrected chi connectivity index (χ4v) is 1.85. The monoisotopic (exact) mass is 275 g/mol. The molecule has 1 rings (SSSR count). The van der Waals surface area contributed by atoms with Gasteiger partial charge in [-0.1, -0.05) is 15.9 Å². The summed E-state index contributed by atoms with van der Waals surface area (Å²) in [6.45, 7) is 4.75. The Hall–Kier alpha value is -0.390. The number of nitrogens with zero attached hydrogens (tertiary/aromatic N) is 3. The molecule has 0 fully saturated rings. The van der Waals surface area contributed by atoms with Crippen LogP contribution in [0.2, 0.25) is 0 Å². The molecule has 0 unspecified atom stereocenters. The summed E-state index contributed by atoms with van der Waals surface area (Å²) in [4.78, 5) is 2.36. The summed E-state index contributed by atoms with van der Waals surface area (Å²) in [5.41, 5.74) is 0. The molecule has 0 radical (unpaired) electrons. The minimum absolute atomic E-state index is 0.784. The maximum Gasteiger partial charge on any atom is 0.0589 e. The highest BCUT2D eigenvalue weighted by Gasteiger charge is 2.03. The van der Waals surface area contributed by atoms with E-state index in [0.29, 0.717) is 0 Å². The van der Waals surface area contributed by atoms with Crippen LogP contribution in [-0.2, 0) is 11.3 Å². The van der Waals surface area contributed by atoms with Crippen molar-refractivity contribution in [3.8, 4) is 0 Å². The first-order valence-corrected chi connectivity index (χ1v) is 6.23. The zero-order valence-corrected chi connectivity index (χ0v) is 10.7. The van der Waals surface area contributed by atoms with Gasteiger partial charge in [0, 0.05) is 44.5 Å². The second-order valence-electron chi connectivity index (χ2n) is 3.29. The summed E-state index contributed by atoms with van der Waals surface area (Å²) < 4.78 is 7.03. The third kappa shape index (κ3) is 5.30. The lowest BCUT2D eigenvalue weighted by Gasteiger charge is -2.20. The summed E-state index contributed by atoms with van der Waals surface area (Å²) in [5, 5.41) is 5.17. The van der Waals surface area contributed by atoms with Crippen LogP contribution < -0.4 is 0 Å². The van der Waals surface area contributed by atoms with E-state index in [1.54, 1.807) is 7.11 Å². The Morgan fingerprint density at radius 2 is 2.27 bits per heavy atom. The summed E-state index contributed by atoms with van der Waals surface area (Å²) in [5.74, 6) is 0. The van der Waals surface area contributed by atoms with E-state index in [1.165, 1.54) is 0 Å². The summed E-state index contributed by atoms with van der Waals surface area (Å²) in [7, 11) is 1.74. The Morgan fingerprint density at radius 1 is 1.40 bits per heavy atom. The van der Waals surface area contributed by atoms with Crippen molar-refractivity contribution in [3.63, 3.8) is 0 Å². The molecule has 86 valence electrons. The van der Waals surface area contributed by atoms with Crippen molar-refractivity contribution in [1.82, 2.24) is 14.7 Å². The topological polar surface area (TPSA) is 30.3 Å². The van der Waals surface area contributed by atoms with E-state index in [1.807, 2.05) is 23.1 Å². The van der Waals surface area contributed by atoms with Gasteiger partial charge >= 0.3 is 0 Å². The van der Waals surface area contributed by atoms with Gasteiger partial charge in [-0.15, -0.1) is 0 Å². The Kier molecular flexibility index (Phi) is 6.63. The second kappa shape index (κ2) is 7.84. The van der Waals surface area contributed by atoms with Crippen LogP contribution in [0.25, 0.3) is 0 Å². The van der Waals surface area contributed by atoms with E-state index in [-0.39, 0.29) is 0 Å². The molecule has 15 heavy (non-hydrogen) atoms. The van der Waals surface area contributed by atoms with Gasteiger partial charge in [0.1, 0.15) is 0 Å². The van der Waals surface area contributed by atoms with Crippen LogP contribution in [0, 0.1) is 0 Å². The molecule has 0 N–H and O–H groups in total. The Balaban J connectivity index is 2.24. The van der Waals surface area contributed by atoms with Gasteiger partial charge in [0.05, 0.1) is 13.2 Å². The van der Waals surface area contributed by atoms with Gasteiger partial charge in [0.25, 0.3) is 0 Å². The van der Waals surface area contributed by atoms with Gasteiger partial charge in [0.15, 0.2) is 0 Å². The lowest BCUT2D eigenvalue weighted by atomic mass is 10.4. The molecule has 0 aliphatic carbocycles. The fourth-order valence-electron chi connectivity index (χ4n) is 1.35. The highest BCUT2D eigenvalue weighted by atomic mass is 79.9. The van der Waals surface area contributed by atoms with Crippen molar-refractivity contribution in [2.45, 2.75) is 6.54 Å². The quantitative estimate of drug-likeness (QED) is 0.669. The normalized spacial score (nSPS) is 11.1. The minimum Gasteiger partial charge on any atom is -0.383 e. The Bertz CT molecular complexity index is 241. The predicted molar refractivity (Wildman–Crippen MR) is 64.3 cm³/mol. The van der Waals surface area contributed by atoms with Crippen LogP contribution in [0.15, 0.2) is 18.5 Å². The third-order valence-corrected chi connectivity index (χ3v) is 2.57. The van der Waals surface area contributed by atoms with Crippen LogP contribution in [0.4, 0.5) is 0 Å². The Morgan fingerprint density at radius 3 is 2.87 bits per heavy atom. The number of alkyl halides is 1. The number of hydrogen-bond donors (Lipinski definition) is 0. The number of methoxy groups -OCH3 is 1. The van der Waals surface area contributed by atoms with Crippen molar-refractivity contribution >= 4 is 15.9 Å². The van der Waals surface area contributed by atoms with E-state index in [4.69, 9.17) is 4.74 Å². The van der Waals surface area contributed by atoms with Crippen molar-refractivity contribution in [3.05, 3.63) is 18.5 Å². The third-order valence-electron chi connectivity index (χ3n) is 2.22. The van der Waals surface area contributed by atoms with Crippen molar-refractivity contribution < 1.29 is 4.74 Å². The molecule has 0 spiro atoms. The van der Waals surface area contributed by atoms with Crippen molar-refractivity contribution in [2.75, 3.05) is 38.7 Å². The molecule has 0 aromatic carbocycles. The summed E-state index contributed by atoms with van der Waals surface area (Å²) in [6, 6.07) is 1.95. The van der Waals surface area contributed by atoms with Crippen molar-refractivity contribution in [1.29, 1.82) is 0 Å². The van der Waals surface area contributed by atoms with Gasteiger partial charge in [-0.25, -0.2) is 0 Å². The van der Waals surface area contributed by atoms with Crippen LogP contribution in [0.1, 0.15) is 0 Å². The molecule has 4 nitrogen and oxygen atoms in total. The summed E-state index contributed by atoms with van der Waals surface area (Å²) in [6.07, 6.45) is 3.80. The van der Waals surface area contributed by atoms with Gasteiger partial charge in [0.2, 0.25) is 0 Å². The van der Waals surface area contributed by atoms with E-state index in [0.717, 1.165) is 38.1 Å². The smallest absolute Gasteiger partial charge is 0.0589 e. The standard InChI is InChI=1S/C10H18BrN3O/c1-15-10-9-13(6-3-11)7-8-14-5-2-4-12-14/h2,4-5H,3,6-10H2,1H3. The van der Waals surface area contributed by atoms with Gasteiger partial charge in [-0.3, -0.25) is 9.58 Å². The van der Waals surface area contributed by atoms with E-state index >= 15 is 0 Å². The first-order valence-electron chi connectivity index (χ1n) is 5.11. The fraction of sp³-hybridized carbons (Fsp3) is 0.700. The Labute approximate surface area is 99.3 Å². The number of halogens is 1. The molecular weight excluding hydrogens is 258 g/mol. The van der Waals surface area contributed by atoms with E-state index in [2.05, 4.69) is 25.9 Å². The maximum absolute atomic E-state index is 5.08. The van der Waals surface area contributed by atoms with E-state index < -0.39 is 0 Å². The number of ether oxygens (including phenoxy) is 1. The minimum atomic E-state index is 0.784. The highest BCUT2D eigenvalue weighted by Crippen LogP contribution is 1.94. The molecule has 1 aromatic rings. The SMILES string of the molecule is COCCN(CCBr)CCn1cccn1. The zero-order chi connectivity index (χ0) is 10.9. The molecule has 0 aliphatic heterocycles. The predicted octanol–water partition coefficient (Wildman–Crippen LogP) is 1.23. The van der Waals surface area contributed by atoms with Crippen molar-refractivity contribution in [2.24, 2.45) is 0 Å². The molecule has 0 saturated heterocycles. The molecule has 5 heteroatoms. The summed E-state index contributed by atoms with van der Waals surface area (Å²) >= 11 is 3.46. The number of hydrogen-bond acceptors (Lipinski definition) is 3. The number of aromatic nitrogens is 2. The molecule has 1 aromatic heterocycles.